The third kappa shape index (κ3) is 11.1. The van der Waals surface area contributed by atoms with Crippen LogP contribution < -0.4 is 21.9 Å². The zero-order valence-corrected chi connectivity index (χ0v) is 23.2. The van der Waals surface area contributed by atoms with E-state index in [1.807, 2.05) is 24.3 Å². The number of aliphatic hydroxyl groups excluding tert-OH is 2. The normalized spacial score (nSPS) is 19.3. The number of benzene rings is 2. The summed E-state index contributed by atoms with van der Waals surface area (Å²) in [5.74, 6) is 1.67. The predicted octanol–water partition coefficient (Wildman–Crippen LogP) is -3.92. The fourth-order valence-corrected chi connectivity index (χ4v) is 3.64. The molecule has 2 aromatic carbocycles. The Labute approximate surface area is 240 Å². The van der Waals surface area contributed by atoms with E-state index in [1.165, 1.54) is 24.3 Å². The van der Waals surface area contributed by atoms with Crippen LogP contribution in [-0.4, -0.2) is 114 Å². The van der Waals surface area contributed by atoms with Gasteiger partial charge in [0.05, 0.1) is 38.1 Å². The molecule has 2 aliphatic rings. The topological polar surface area (TPSA) is 158 Å². The molecular formula is C21H32B4O10S3. The lowest BCUT2D eigenvalue weighted by Crippen LogP contribution is -2.37. The van der Waals surface area contributed by atoms with Crippen LogP contribution in [0.15, 0.2) is 48.5 Å². The second-order valence-corrected chi connectivity index (χ2v) is 9.41. The molecule has 206 valence electrons. The molecule has 2 fully saturated rings. The maximum Gasteiger partial charge on any atom is 0.494 e. The van der Waals surface area contributed by atoms with Crippen LogP contribution in [0, 0.1) is 0 Å². The van der Waals surface area contributed by atoms with Crippen molar-refractivity contribution in [3.05, 3.63) is 48.5 Å². The lowest BCUT2D eigenvalue weighted by Gasteiger charge is -2.09. The van der Waals surface area contributed by atoms with Crippen molar-refractivity contribution in [1.82, 2.24) is 0 Å². The van der Waals surface area contributed by atoms with Crippen LogP contribution in [0.25, 0.3) is 0 Å². The van der Waals surface area contributed by atoms with Crippen molar-refractivity contribution >= 4 is 88.2 Å². The first-order chi connectivity index (χ1) is 18.2. The molecule has 10 nitrogen and oxygen atoms in total. The van der Waals surface area contributed by atoms with E-state index in [4.69, 9.17) is 48.9 Å². The summed E-state index contributed by atoms with van der Waals surface area (Å²) in [5.41, 5.74) is 2.64. The zero-order valence-electron chi connectivity index (χ0n) is 20.6. The van der Waals surface area contributed by atoms with Crippen LogP contribution in [0.4, 0.5) is 0 Å². The predicted molar refractivity (Wildman–Crippen MR) is 160 cm³/mol. The molecule has 4 rings (SSSR count). The highest BCUT2D eigenvalue weighted by Gasteiger charge is 2.34. The van der Waals surface area contributed by atoms with Crippen molar-refractivity contribution in [2.75, 3.05) is 37.1 Å². The van der Waals surface area contributed by atoms with E-state index in [0.29, 0.717) is 41.4 Å². The molecule has 6 N–H and O–H groups in total. The Kier molecular flexibility index (Phi) is 15.8. The Bertz CT molecular complexity index is 845. The molecule has 0 bridgehead atoms. The maximum absolute atomic E-state index is 8.68. The molecule has 2 aromatic rings. The van der Waals surface area contributed by atoms with Crippen LogP contribution in [0.2, 0.25) is 0 Å². The van der Waals surface area contributed by atoms with E-state index in [1.54, 1.807) is 0 Å². The third-order valence-corrected chi connectivity index (χ3v) is 6.58. The number of hydrogen-bond acceptors (Lipinski definition) is 13. The summed E-state index contributed by atoms with van der Waals surface area (Å²) in [6.07, 6.45) is -0.505. The van der Waals surface area contributed by atoms with Gasteiger partial charge in [-0.3, -0.25) is 0 Å². The maximum atomic E-state index is 8.68. The van der Waals surface area contributed by atoms with Crippen molar-refractivity contribution in [3.8, 4) is 0 Å². The van der Waals surface area contributed by atoms with Crippen LogP contribution in [0.1, 0.15) is 0 Å². The lowest BCUT2D eigenvalue weighted by molar-refractivity contribution is 0.114. The Hall–Kier alpha value is -0.650. The first-order valence-corrected chi connectivity index (χ1v) is 13.7. The van der Waals surface area contributed by atoms with Gasteiger partial charge in [0, 0.05) is 17.3 Å². The molecule has 0 aliphatic carbocycles. The van der Waals surface area contributed by atoms with Crippen LogP contribution in [-0.2, 0) is 18.6 Å². The smallest absolute Gasteiger partial charge is 0.423 e. The molecular weight excluding hydrogens is 552 g/mol. The van der Waals surface area contributed by atoms with Gasteiger partial charge in [-0.05, 0) is 21.9 Å². The minimum absolute atomic E-state index is 0.0701. The van der Waals surface area contributed by atoms with Gasteiger partial charge < -0.3 is 48.9 Å². The summed E-state index contributed by atoms with van der Waals surface area (Å²) in [5, 5.41) is 51.1. The molecule has 3 atom stereocenters. The average molecular weight is 584 g/mol. The largest absolute Gasteiger partial charge is 0.494 e. The SMILES string of the molecule is OB(O)c1ccc(B(O)O)cc1.OCC(O)CS.SCC1COB(c2ccc(B3OCC(CS)O3)cc2)O1. The Morgan fingerprint density at radius 1 is 0.737 bits per heavy atom. The van der Waals surface area contributed by atoms with E-state index < -0.39 is 20.3 Å². The van der Waals surface area contributed by atoms with Gasteiger partial charge in [0.25, 0.3) is 0 Å². The molecule has 17 heteroatoms. The summed E-state index contributed by atoms with van der Waals surface area (Å²) < 4.78 is 22.6. The summed E-state index contributed by atoms with van der Waals surface area (Å²) in [4.78, 5) is 0. The highest BCUT2D eigenvalue weighted by Crippen LogP contribution is 2.11. The standard InChI is InChI=1S/C12H16B2O4S2.C6H8B2O4.C3H8O2S/c19-7-11-5-15-13(17-11)9-1-2-10(4-3-9)14-16-6-12(8-20)18-14;9-7(10)5-1-2-6(4-3-5)8(11)12;4-1-3(5)2-6/h1-4,11-12,19-20H,5-8H2;1-4,9-12H;3-6H,1-2H2. The summed E-state index contributed by atoms with van der Waals surface area (Å²) in [6.45, 7) is 0.992. The van der Waals surface area contributed by atoms with E-state index in [0.717, 1.165) is 10.9 Å². The van der Waals surface area contributed by atoms with Crippen molar-refractivity contribution in [2.24, 2.45) is 0 Å². The fraction of sp³-hybridized carbons (Fsp3) is 0.429. The van der Waals surface area contributed by atoms with Crippen molar-refractivity contribution in [3.63, 3.8) is 0 Å². The summed E-state index contributed by atoms with van der Waals surface area (Å²) in [7, 11) is -3.63. The molecule has 3 unspecified atom stereocenters. The van der Waals surface area contributed by atoms with Crippen LogP contribution in [0.3, 0.4) is 0 Å². The zero-order chi connectivity index (χ0) is 28.1. The van der Waals surface area contributed by atoms with Gasteiger partial charge in [-0.1, -0.05) is 48.5 Å². The molecule has 2 heterocycles. The van der Waals surface area contributed by atoms with Crippen molar-refractivity contribution in [1.29, 1.82) is 0 Å². The fourth-order valence-electron chi connectivity index (χ4n) is 3.15. The third-order valence-electron chi connectivity index (χ3n) is 5.34. The second-order valence-electron chi connectivity index (χ2n) is 8.31. The molecule has 0 saturated carbocycles. The molecule has 0 aromatic heterocycles. The van der Waals surface area contributed by atoms with Gasteiger partial charge in [-0.15, -0.1) is 0 Å². The van der Waals surface area contributed by atoms with Gasteiger partial charge in [0.15, 0.2) is 0 Å². The van der Waals surface area contributed by atoms with E-state index >= 15 is 0 Å². The minimum atomic E-state index is -1.52. The van der Waals surface area contributed by atoms with Crippen molar-refractivity contribution in [2.45, 2.75) is 18.3 Å². The van der Waals surface area contributed by atoms with Gasteiger partial charge in [0.1, 0.15) is 0 Å². The molecule has 2 aliphatic heterocycles. The first kappa shape index (κ1) is 33.6. The van der Waals surface area contributed by atoms with Crippen LogP contribution in [0.5, 0.6) is 0 Å². The molecule has 2 saturated heterocycles. The van der Waals surface area contributed by atoms with E-state index in [-0.39, 0.29) is 33.1 Å². The first-order valence-electron chi connectivity index (χ1n) is 11.8. The molecule has 38 heavy (non-hydrogen) atoms. The number of rotatable bonds is 8. The minimum Gasteiger partial charge on any atom is -0.423 e. The van der Waals surface area contributed by atoms with Gasteiger partial charge in [-0.2, -0.15) is 37.9 Å². The highest BCUT2D eigenvalue weighted by molar-refractivity contribution is 7.80. The quantitative estimate of drug-likeness (QED) is 0.111. The average Bonchev–Trinajstić information content (AvgIpc) is 3.63. The summed E-state index contributed by atoms with van der Waals surface area (Å²) >= 11 is 12.1. The second kappa shape index (κ2) is 17.9. The monoisotopic (exact) mass is 584 g/mol. The van der Waals surface area contributed by atoms with Gasteiger partial charge in [-0.25, -0.2) is 0 Å². The molecule has 0 spiro atoms. The van der Waals surface area contributed by atoms with E-state index in [2.05, 4.69) is 37.9 Å². The van der Waals surface area contributed by atoms with Gasteiger partial charge in [0.2, 0.25) is 0 Å². The van der Waals surface area contributed by atoms with Gasteiger partial charge >= 0.3 is 28.5 Å². The number of thiol groups is 3. The Morgan fingerprint density at radius 2 is 1.11 bits per heavy atom. The summed E-state index contributed by atoms with van der Waals surface area (Å²) in [6, 6.07) is 13.6. The molecule has 0 radical (unpaired) electrons. The lowest BCUT2D eigenvalue weighted by atomic mass is 9.74. The Morgan fingerprint density at radius 3 is 1.32 bits per heavy atom. The highest BCUT2D eigenvalue weighted by atomic mass is 32.1. The van der Waals surface area contributed by atoms with Crippen LogP contribution >= 0.6 is 37.9 Å². The van der Waals surface area contributed by atoms with E-state index in [9.17, 15) is 0 Å². The molecule has 0 amide bonds. The number of hydrogen-bond donors (Lipinski definition) is 9. The van der Waals surface area contributed by atoms with Crippen molar-refractivity contribution < 1.29 is 48.9 Å². The number of aliphatic hydroxyl groups is 2. The Balaban J connectivity index is 0.000000239.